The number of para-hydroxylation sites is 1. The molecule has 0 radical (unpaired) electrons. The number of hydrogen-bond acceptors (Lipinski definition) is 6. The van der Waals surface area contributed by atoms with Gasteiger partial charge in [-0.3, -0.25) is 4.98 Å². The molecule has 0 saturated heterocycles. The van der Waals surface area contributed by atoms with Crippen molar-refractivity contribution in [2.75, 3.05) is 11.9 Å². The maximum Gasteiger partial charge on any atom is 0.157 e. The van der Waals surface area contributed by atoms with Crippen molar-refractivity contribution in [3.63, 3.8) is 0 Å². The molecule has 1 N–H and O–H groups in total. The summed E-state index contributed by atoms with van der Waals surface area (Å²) in [7, 11) is 0. The van der Waals surface area contributed by atoms with Gasteiger partial charge in [0.2, 0.25) is 0 Å². The van der Waals surface area contributed by atoms with E-state index in [9.17, 15) is 0 Å². The lowest BCUT2D eigenvalue weighted by Crippen LogP contribution is -2.11. The lowest BCUT2D eigenvalue weighted by molar-refractivity contribution is 0.585. The van der Waals surface area contributed by atoms with Gasteiger partial charge in [0.1, 0.15) is 11.3 Å². The van der Waals surface area contributed by atoms with Crippen LogP contribution in [0, 0.1) is 0 Å². The fourth-order valence-electron chi connectivity index (χ4n) is 3.24. The molecule has 138 valence electrons. The number of aryl methyl sites for hydroxylation is 1. The maximum absolute atomic E-state index is 4.68. The number of rotatable bonds is 6. The van der Waals surface area contributed by atoms with Crippen LogP contribution in [0.5, 0.6) is 0 Å². The Labute approximate surface area is 160 Å². The third kappa shape index (κ3) is 3.05. The molecule has 5 aromatic rings. The van der Waals surface area contributed by atoms with E-state index in [-0.39, 0.29) is 0 Å². The van der Waals surface area contributed by atoms with Crippen molar-refractivity contribution >= 4 is 22.5 Å². The topological polar surface area (TPSA) is 85.8 Å². The van der Waals surface area contributed by atoms with Crippen LogP contribution < -0.4 is 5.32 Å². The van der Waals surface area contributed by atoms with Gasteiger partial charge in [-0.2, -0.15) is 9.61 Å². The Morgan fingerprint density at radius 1 is 0.964 bits per heavy atom. The number of hydrogen-bond donors (Lipinski definition) is 1. The van der Waals surface area contributed by atoms with Crippen LogP contribution in [0.3, 0.4) is 0 Å². The molecule has 0 aliphatic heterocycles. The van der Waals surface area contributed by atoms with Crippen molar-refractivity contribution in [2.45, 2.75) is 13.0 Å². The zero-order valence-corrected chi connectivity index (χ0v) is 15.1. The second kappa shape index (κ2) is 7.07. The number of pyridine rings is 1. The van der Waals surface area contributed by atoms with Crippen LogP contribution in [-0.4, -0.2) is 41.1 Å². The van der Waals surface area contributed by atoms with E-state index in [1.54, 1.807) is 18.6 Å². The minimum Gasteiger partial charge on any atom is -0.370 e. The lowest BCUT2D eigenvalue weighted by atomic mass is 10.2. The average Bonchev–Trinajstić information content (AvgIpc) is 3.39. The molecule has 0 atom stereocenters. The van der Waals surface area contributed by atoms with E-state index < -0.39 is 0 Å². The molecule has 0 fully saturated rings. The summed E-state index contributed by atoms with van der Waals surface area (Å²) >= 11 is 0. The minimum atomic E-state index is 0.781. The molecule has 0 aliphatic carbocycles. The van der Waals surface area contributed by atoms with E-state index in [0.717, 1.165) is 53.3 Å². The number of anilines is 1. The molecule has 0 unspecified atom stereocenters. The SMILES string of the molecule is c1ccc2c(c1)nnn2CCCNc1cc(-c2ccncc2)nc2ccnn12. The van der Waals surface area contributed by atoms with Crippen molar-refractivity contribution in [3.05, 3.63) is 67.1 Å². The lowest BCUT2D eigenvalue weighted by Gasteiger charge is -2.11. The molecule has 8 nitrogen and oxygen atoms in total. The van der Waals surface area contributed by atoms with E-state index in [1.165, 1.54) is 0 Å². The van der Waals surface area contributed by atoms with Gasteiger partial charge >= 0.3 is 0 Å². The van der Waals surface area contributed by atoms with Gasteiger partial charge in [-0.1, -0.05) is 17.3 Å². The molecule has 4 aromatic heterocycles. The summed E-state index contributed by atoms with van der Waals surface area (Å²) in [5.41, 5.74) is 4.70. The van der Waals surface area contributed by atoms with Gasteiger partial charge in [0.25, 0.3) is 0 Å². The van der Waals surface area contributed by atoms with Gasteiger partial charge in [0.05, 0.1) is 17.4 Å². The summed E-state index contributed by atoms with van der Waals surface area (Å²) in [6.07, 6.45) is 6.20. The van der Waals surface area contributed by atoms with Crippen molar-refractivity contribution < 1.29 is 0 Å². The van der Waals surface area contributed by atoms with Crippen molar-refractivity contribution in [1.82, 2.24) is 34.6 Å². The van der Waals surface area contributed by atoms with E-state index in [0.29, 0.717) is 0 Å². The van der Waals surface area contributed by atoms with Gasteiger partial charge in [-0.05, 0) is 30.7 Å². The summed E-state index contributed by atoms with van der Waals surface area (Å²) in [4.78, 5) is 8.76. The van der Waals surface area contributed by atoms with E-state index in [2.05, 4.69) is 30.7 Å². The predicted octanol–water partition coefficient (Wildman–Crippen LogP) is 3.04. The zero-order valence-electron chi connectivity index (χ0n) is 15.1. The monoisotopic (exact) mass is 370 g/mol. The highest BCUT2D eigenvalue weighted by Gasteiger charge is 2.08. The van der Waals surface area contributed by atoms with E-state index in [1.807, 2.05) is 57.7 Å². The number of nitrogens with zero attached hydrogens (tertiary/aromatic N) is 7. The van der Waals surface area contributed by atoms with Crippen LogP contribution in [0.15, 0.2) is 67.1 Å². The molecule has 0 aliphatic rings. The second-order valence-electron chi connectivity index (χ2n) is 6.45. The van der Waals surface area contributed by atoms with Crippen LogP contribution >= 0.6 is 0 Å². The van der Waals surface area contributed by atoms with Crippen LogP contribution in [0.25, 0.3) is 27.9 Å². The Balaban J connectivity index is 1.33. The Hall–Kier alpha value is -3.81. The molecule has 4 heterocycles. The van der Waals surface area contributed by atoms with Crippen LogP contribution in [0.4, 0.5) is 5.82 Å². The van der Waals surface area contributed by atoms with Gasteiger partial charge < -0.3 is 5.32 Å². The highest BCUT2D eigenvalue weighted by Crippen LogP contribution is 2.21. The van der Waals surface area contributed by atoms with Gasteiger partial charge in [0, 0.05) is 43.2 Å². The third-order valence-electron chi connectivity index (χ3n) is 4.61. The normalized spacial score (nSPS) is 11.3. The molecule has 1 aromatic carbocycles. The van der Waals surface area contributed by atoms with E-state index >= 15 is 0 Å². The summed E-state index contributed by atoms with van der Waals surface area (Å²) in [6.45, 7) is 1.57. The van der Waals surface area contributed by atoms with Crippen LogP contribution in [0.2, 0.25) is 0 Å². The van der Waals surface area contributed by atoms with E-state index in [4.69, 9.17) is 0 Å². The largest absolute Gasteiger partial charge is 0.370 e. The van der Waals surface area contributed by atoms with Crippen LogP contribution in [0.1, 0.15) is 6.42 Å². The second-order valence-corrected chi connectivity index (χ2v) is 6.45. The number of aromatic nitrogens is 7. The molecule has 5 rings (SSSR count). The number of fused-ring (bicyclic) bond motifs is 2. The van der Waals surface area contributed by atoms with Crippen molar-refractivity contribution in [1.29, 1.82) is 0 Å². The summed E-state index contributed by atoms with van der Waals surface area (Å²) in [5.74, 6) is 0.908. The fraction of sp³-hybridized carbons (Fsp3) is 0.150. The highest BCUT2D eigenvalue weighted by molar-refractivity contribution is 5.73. The van der Waals surface area contributed by atoms with Crippen LogP contribution in [-0.2, 0) is 6.54 Å². The van der Waals surface area contributed by atoms with Crippen molar-refractivity contribution in [3.8, 4) is 11.3 Å². The Morgan fingerprint density at radius 2 is 1.86 bits per heavy atom. The summed E-state index contributed by atoms with van der Waals surface area (Å²) in [5, 5.41) is 16.3. The minimum absolute atomic E-state index is 0.781. The molecule has 0 saturated carbocycles. The van der Waals surface area contributed by atoms with Crippen molar-refractivity contribution in [2.24, 2.45) is 0 Å². The first kappa shape index (κ1) is 16.4. The standard InChI is InChI=1S/C20H18N8/c1-2-5-18-16(4-1)25-26-27(18)13-3-9-22-20-14-17(15-6-10-21-11-7-15)24-19-8-12-23-28(19)20/h1-2,4-8,10-12,14,22H,3,9,13H2. The molecule has 0 spiro atoms. The first-order valence-electron chi connectivity index (χ1n) is 9.16. The van der Waals surface area contributed by atoms with Gasteiger partial charge in [-0.15, -0.1) is 5.10 Å². The quantitative estimate of drug-likeness (QED) is 0.462. The molecular formula is C20H18N8. The first-order chi connectivity index (χ1) is 13.9. The third-order valence-corrected chi connectivity index (χ3v) is 4.61. The Kier molecular flexibility index (Phi) is 4.13. The Morgan fingerprint density at radius 3 is 2.79 bits per heavy atom. The summed E-state index contributed by atoms with van der Waals surface area (Å²) in [6, 6.07) is 15.8. The van der Waals surface area contributed by atoms with Gasteiger partial charge in [0.15, 0.2) is 5.65 Å². The zero-order chi connectivity index (χ0) is 18.8. The number of benzene rings is 1. The van der Waals surface area contributed by atoms with Gasteiger partial charge in [-0.25, -0.2) is 9.67 Å². The number of nitrogens with one attached hydrogen (secondary N) is 1. The molecular weight excluding hydrogens is 352 g/mol. The molecule has 0 bridgehead atoms. The maximum atomic E-state index is 4.68. The fourth-order valence-corrected chi connectivity index (χ4v) is 3.24. The molecule has 0 amide bonds. The highest BCUT2D eigenvalue weighted by atomic mass is 15.4. The Bertz CT molecular complexity index is 1220. The average molecular weight is 370 g/mol. The summed E-state index contributed by atoms with van der Waals surface area (Å²) < 4.78 is 3.75. The molecule has 8 heteroatoms. The smallest absolute Gasteiger partial charge is 0.157 e. The molecule has 28 heavy (non-hydrogen) atoms. The first-order valence-corrected chi connectivity index (χ1v) is 9.16. The predicted molar refractivity (Wildman–Crippen MR) is 107 cm³/mol.